The van der Waals surface area contributed by atoms with Crippen LogP contribution >= 0.6 is 0 Å². The fourth-order valence-corrected chi connectivity index (χ4v) is 2.10. The van der Waals surface area contributed by atoms with E-state index in [2.05, 4.69) is 10.6 Å². The molecule has 0 rings (SSSR count). The van der Waals surface area contributed by atoms with E-state index >= 15 is 0 Å². The molecule has 0 bridgehead atoms. The average Bonchev–Trinajstić information content (AvgIpc) is 2.62. The topological polar surface area (TPSA) is 251 Å². The lowest BCUT2D eigenvalue weighted by atomic mass is 10.1. The molecule has 30 heavy (non-hydrogen) atoms. The van der Waals surface area contributed by atoms with Gasteiger partial charge in [-0.25, -0.2) is 4.79 Å². The lowest BCUT2D eigenvalue weighted by Gasteiger charge is -2.23. The Morgan fingerprint density at radius 1 is 0.867 bits per heavy atom. The van der Waals surface area contributed by atoms with Crippen molar-refractivity contribution in [2.45, 2.75) is 63.4 Å². The van der Waals surface area contributed by atoms with Crippen LogP contribution in [0.4, 0.5) is 0 Å². The van der Waals surface area contributed by atoms with Crippen molar-refractivity contribution < 1.29 is 44.1 Å². The normalized spacial score (nSPS) is 15.6. The lowest BCUT2D eigenvalue weighted by molar-refractivity contribution is -0.143. The minimum atomic E-state index is -1.58. The molecule has 0 spiro atoms. The van der Waals surface area contributed by atoms with Crippen LogP contribution in [0.3, 0.4) is 0 Å². The number of carboxylic acids is 2. The van der Waals surface area contributed by atoms with Crippen molar-refractivity contribution in [1.82, 2.24) is 16.0 Å². The van der Waals surface area contributed by atoms with Gasteiger partial charge in [-0.3, -0.25) is 24.0 Å². The smallest absolute Gasteiger partial charge is 0.326 e. The summed E-state index contributed by atoms with van der Waals surface area (Å²) in [6, 6.07) is -5.70. The number of carboxylic acid groups (broad SMARTS) is 2. The molecule has 0 aliphatic heterocycles. The summed E-state index contributed by atoms with van der Waals surface area (Å²) in [6.45, 7) is 2.51. The van der Waals surface area contributed by atoms with Crippen molar-refractivity contribution >= 4 is 35.6 Å². The van der Waals surface area contributed by atoms with E-state index in [0.717, 1.165) is 0 Å². The highest BCUT2D eigenvalue weighted by Gasteiger charge is 2.30. The zero-order chi connectivity index (χ0) is 23.6. The molecule has 0 saturated carbocycles. The lowest BCUT2D eigenvalue weighted by Crippen LogP contribution is -2.57. The van der Waals surface area contributed by atoms with Gasteiger partial charge in [0.1, 0.15) is 24.2 Å². The molecule has 14 nitrogen and oxygen atoms in total. The second kappa shape index (κ2) is 12.3. The van der Waals surface area contributed by atoms with Crippen LogP contribution in [0.25, 0.3) is 0 Å². The maximum absolute atomic E-state index is 12.3. The Morgan fingerprint density at radius 3 is 1.83 bits per heavy atom. The number of amides is 4. The zero-order valence-electron chi connectivity index (χ0n) is 16.5. The number of aliphatic hydroxyl groups is 1. The first-order chi connectivity index (χ1) is 13.8. The molecule has 0 aromatic carbocycles. The van der Waals surface area contributed by atoms with Crippen molar-refractivity contribution in [2.75, 3.05) is 0 Å². The largest absolute Gasteiger partial charge is 0.481 e. The van der Waals surface area contributed by atoms with Gasteiger partial charge in [0, 0.05) is 6.42 Å². The van der Waals surface area contributed by atoms with Crippen molar-refractivity contribution in [1.29, 1.82) is 0 Å². The SMILES string of the molecule is CC(NC(=O)C(N)C(C)O)C(=O)NC(CC(N)=O)C(=O)NC(CCC(=O)O)C(=O)O. The molecule has 0 heterocycles. The third-order valence-corrected chi connectivity index (χ3v) is 3.87. The van der Waals surface area contributed by atoms with Gasteiger partial charge in [-0.05, 0) is 20.3 Å². The zero-order valence-corrected chi connectivity index (χ0v) is 16.5. The Kier molecular flexibility index (Phi) is 11.0. The van der Waals surface area contributed by atoms with Crippen LogP contribution in [0.5, 0.6) is 0 Å². The number of aliphatic carboxylic acids is 2. The molecular weight excluding hydrogens is 406 g/mol. The van der Waals surface area contributed by atoms with Gasteiger partial charge in [0.2, 0.25) is 23.6 Å². The Balaban J connectivity index is 5.16. The predicted octanol–water partition coefficient (Wildman–Crippen LogP) is -4.01. The Morgan fingerprint density at radius 2 is 1.40 bits per heavy atom. The fraction of sp³-hybridized carbons (Fsp3) is 0.625. The number of carbonyl (C=O) groups is 6. The van der Waals surface area contributed by atoms with E-state index in [0.29, 0.717) is 0 Å². The number of carbonyl (C=O) groups excluding carboxylic acids is 4. The first-order valence-corrected chi connectivity index (χ1v) is 8.83. The van der Waals surface area contributed by atoms with Gasteiger partial charge in [-0.15, -0.1) is 0 Å². The van der Waals surface area contributed by atoms with Crippen LogP contribution in [-0.2, 0) is 28.8 Å². The molecule has 0 aromatic rings. The summed E-state index contributed by atoms with van der Waals surface area (Å²) in [5.74, 6) is -6.62. The molecular formula is C16H27N5O9. The van der Waals surface area contributed by atoms with E-state index < -0.39 is 85.1 Å². The molecule has 5 atom stereocenters. The van der Waals surface area contributed by atoms with Crippen LogP contribution in [0.1, 0.15) is 33.1 Å². The van der Waals surface area contributed by atoms with Crippen molar-refractivity contribution in [3.05, 3.63) is 0 Å². The molecule has 0 saturated heterocycles. The van der Waals surface area contributed by atoms with Crippen molar-refractivity contribution in [3.8, 4) is 0 Å². The fourth-order valence-electron chi connectivity index (χ4n) is 2.10. The highest BCUT2D eigenvalue weighted by Crippen LogP contribution is 2.02. The first-order valence-electron chi connectivity index (χ1n) is 8.83. The quantitative estimate of drug-likeness (QED) is 0.140. The maximum Gasteiger partial charge on any atom is 0.326 e. The predicted molar refractivity (Wildman–Crippen MR) is 99.4 cm³/mol. The molecule has 0 aliphatic carbocycles. The summed E-state index contributed by atoms with van der Waals surface area (Å²) in [5.41, 5.74) is 10.5. The maximum atomic E-state index is 12.3. The van der Waals surface area contributed by atoms with E-state index in [-0.39, 0.29) is 0 Å². The first kappa shape index (κ1) is 26.7. The molecule has 0 radical (unpaired) electrons. The molecule has 5 unspecified atom stereocenters. The number of aliphatic hydroxyl groups excluding tert-OH is 1. The van der Waals surface area contributed by atoms with Gasteiger partial charge in [0.25, 0.3) is 0 Å². The summed E-state index contributed by atoms with van der Waals surface area (Å²) in [5, 5.41) is 33.4. The van der Waals surface area contributed by atoms with Gasteiger partial charge in [0.15, 0.2) is 0 Å². The number of primary amides is 1. The summed E-state index contributed by atoms with van der Waals surface area (Å²) >= 11 is 0. The number of rotatable bonds is 13. The summed E-state index contributed by atoms with van der Waals surface area (Å²) in [6.07, 6.45) is -2.85. The van der Waals surface area contributed by atoms with E-state index in [1.54, 1.807) is 0 Å². The molecule has 4 amide bonds. The van der Waals surface area contributed by atoms with Crippen LogP contribution in [0, 0.1) is 0 Å². The van der Waals surface area contributed by atoms with E-state index in [1.165, 1.54) is 13.8 Å². The second-order valence-electron chi connectivity index (χ2n) is 6.56. The van der Waals surface area contributed by atoms with E-state index in [9.17, 15) is 33.9 Å². The standard InChI is InChI=1S/C16H27N5O9/c1-6(19-15(28)12(18)7(2)22)13(26)21-9(5-10(17)23)14(27)20-8(16(29)30)3-4-11(24)25/h6-9,12,22H,3-5,18H2,1-2H3,(H2,17,23)(H,19,28)(H,20,27)(H,21,26)(H,24,25)(H,29,30). The van der Waals surface area contributed by atoms with Crippen LogP contribution in [0.2, 0.25) is 0 Å². The van der Waals surface area contributed by atoms with Crippen LogP contribution in [0.15, 0.2) is 0 Å². The average molecular weight is 433 g/mol. The molecule has 10 N–H and O–H groups in total. The number of hydrogen-bond acceptors (Lipinski definition) is 8. The Labute approximate surface area is 171 Å². The van der Waals surface area contributed by atoms with Gasteiger partial charge in [-0.1, -0.05) is 0 Å². The third-order valence-electron chi connectivity index (χ3n) is 3.87. The second-order valence-corrected chi connectivity index (χ2v) is 6.56. The third kappa shape index (κ3) is 9.79. The molecule has 0 aliphatic rings. The molecule has 0 aromatic heterocycles. The molecule has 14 heteroatoms. The van der Waals surface area contributed by atoms with Gasteiger partial charge < -0.3 is 42.7 Å². The number of nitrogens with two attached hydrogens (primary N) is 2. The molecule has 170 valence electrons. The number of nitrogens with one attached hydrogen (secondary N) is 3. The minimum Gasteiger partial charge on any atom is -0.481 e. The molecule has 0 fully saturated rings. The highest BCUT2D eigenvalue weighted by molar-refractivity contribution is 5.96. The van der Waals surface area contributed by atoms with E-state index in [1.807, 2.05) is 5.32 Å². The van der Waals surface area contributed by atoms with Crippen molar-refractivity contribution in [2.24, 2.45) is 11.5 Å². The summed E-state index contributed by atoms with van der Waals surface area (Å²) in [4.78, 5) is 69.4. The van der Waals surface area contributed by atoms with E-state index in [4.69, 9.17) is 21.7 Å². The van der Waals surface area contributed by atoms with Gasteiger partial charge in [0.05, 0.1) is 12.5 Å². The Bertz CT molecular complexity index is 682. The Hall–Kier alpha value is -3.26. The summed E-state index contributed by atoms with van der Waals surface area (Å²) < 4.78 is 0. The number of hydrogen-bond donors (Lipinski definition) is 8. The van der Waals surface area contributed by atoms with Gasteiger partial charge >= 0.3 is 11.9 Å². The van der Waals surface area contributed by atoms with Crippen LogP contribution < -0.4 is 27.4 Å². The van der Waals surface area contributed by atoms with Gasteiger partial charge in [-0.2, -0.15) is 0 Å². The minimum absolute atomic E-state index is 0.433. The summed E-state index contributed by atoms with van der Waals surface area (Å²) in [7, 11) is 0. The monoisotopic (exact) mass is 433 g/mol. The van der Waals surface area contributed by atoms with Crippen LogP contribution in [-0.4, -0.2) is 81.2 Å². The van der Waals surface area contributed by atoms with Crippen molar-refractivity contribution in [3.63, 3.8) is 0 Å². The highest BCUT2D eigenvalue weighted by atomic mass is 16.4.